The molecule has 2 aromatic heterocycles. The van der Waals surface area contributed by atoms with Crippen LogP contribution in [0.5, 0.6) is 0 Å². The van der Waals surface area contributed by atoms with E-state index in [9.17, 15) is 4.79 Å². The lowest BCUT2D eigenvalue weighted by Gasteiger charge is -2.13. The zero-order valence-electron chi connectivity index (χ0n) is 14.4. The summed E-state index contributed by atoms with van der Waals surface area (Å²) in [6.07, 6.45) is 11.6. The summed E-state index contributed by atoms with van der Waals surface area (Å²) < 4.78 is 0. The number of carbonyl (C=O) groups is 1. The lowest BCUT2D eigenvalue weighted by molar-refractivity contribution is 0.0949. The first kappa shape index (κ1) is 17.1. The number of aromatic nitrogens is 2. The Balaban J connectivity index is 1.49. The highest BCUT2D eigenvalue weighted by Gasteiger charge is 2.09. The Morgan fingerprint density at radius 3 is 2.88 bits per heavy atom. The van der Waals surface area contributed by atoms with E-state index in [0.29, 0.717) is 18.8 Å². The van der Waals surface area contributed by atoms with Crippen LogP contribution in [-0.2, 0) is 6.54 Å². The number of rotatable bonds is 7. The van der Waals surface area contributed by atoms with Gasteiger partial charge in [0.15, 0.2) is 0 Å². The summed E-state index contributed by atoms with van der Waals surface area (Å²) in [6, 6.07) is 9.44. The van der Waals surface area contributed by atoms with E-state index < -0.39 is 0 Å². The lowest BCUT2D eigenvalue weighted by Crippen LogP contribution is -2.25. The van der Waals surface area contributed by atoms with E-state index >= 15 is 0 Å². The summed E-state index contributed by atoms with van der Waals surface area (Å²) in [5, 5.41) is 6.24. The maximum absolute atomic E-state index is 12.3. The lowest BCUT2D eigenvalue weighted by atomic mass is 9.97. The Morgan fingerprint density at radius 1 is 1.12 bits per heavy atom. The van der Waals surface area contributed by atoms with Gasteiger partial charge in [-0.2, -0.15) is 0 Å². The van der Waals surface area contributed by atoms with Crippen molar-refractivity contribution in [3.63, 3.8) is 0 Å². The molecule has 0 fully saturated rings. The molecule has 25 heavy (non-hydrogen) atoms. The molecule has 1 amide bonds. The van der Waals surface area contributed by atoms with Crippen molar-refractivity contribution in [1.82, 2.24) is 15.3 Å². The molecule has 0 atom stereocenters. The summed E-state index contributed by atoms with van der Waals surface area (Å²) in [6.45, 7) is 1.28. The minimum absolute atomic E-state index is 0.127. The molecule has 0 saturated carbocycles. The van der Waals surface area contributed by atoms with Crippen molar-refractivity contribution in [3.8, 4) is 0 Å². The normalized spacial score (nSPS) is 13.8. The number of hydrogen-bond acceptors (Lipinski definition) is 4. The van der Waals surface area contributed by atoms with Crippen LogP contribution >= 0.6 is 0 Å². The highest BCUT2D eigenvalue weighted by atomic mass is 16.1. The van der Waals surface area contributed by atoms with E-state index in [1.54, 1.807) is 18.5 Å². The van der Waals surface area contributed by atoms with Gasteiger partial charge >= 0.3 is 0 Å². The summed E-state index contributed by atoms with van der Waals surface area (Å²) >= 11 is 0. The van der Waals surface area contributed by atoms with Crippen LogP contribution in [0.3, 0.4) is 0 Å². The van der Waals surface area contributed by atoms with Crippen LogP contribution in [-0.4, -0.2) is 22.4 Å². The number of pyridine rings is 2. The predicted molar refractivity (Wildman–Crippen MR) is 99.3 cm³/mol. The minimum Gasteiger partial charge on any atom is -0.379 e. The Kier molecular flexibility index (Phi) is 6.15. The van der Waals surface area contributed by atoms with Gasteiger partial charge in [-0.3, -0.25) is 14.8 Å². The molecule has 5 nitrogen and oxygen atoms in total. The average molecular weight is 336 g/mol. The Bertz CT molecular complexity index is 727. The second-order valence-corrected chi connectivity index (χ2v) is 6.22. The van der Waals surface area contributed by atoms with E-state index in [1.807, 2.05) is 24.3 Å². The largest absolute Gasteiger partial charge is 0.379 e. The molecular weight excluding hydrogens is 312 g/mol. The molecule has 3 rings (SSSR count). The molecule has 1 aliphatic rings. The first-order chi connectivity index (χ1) is 12.3. The van der Waals surface area contributed by atoms with Gasteiger partial charge in [-0.1, -0.05) is 17.7 Å². The molecule has 1 aliphatic carbocycles. The van der Waals surface area contributed by atoms with Crippen LogP contribution in [0.4, 0.5) is 5.69 Å². The van der Waals surface area contributed by atoms with E-state index in [1.165, 1.54) is 31.3 Å². The molecule has 0 aromatic carbocycles. The zero-order valence-corrected chi connectivity index (χ0v) is 14.4. The van der Waals surface area contributed by atoms with Crippen molar-refractivity contribution in [1.29, 1.82) is 0 Å². The van der Waals surface area contributed by atoms with Gasteiger partial charge in [-0.05, 0) is 56.4 Å². The third-order valence-electron chi connectivity index (χ3n) is 4.31. The second-order valence-electron chi connectivity index (χ2n) is 6.22. The highest BCUT2D eigenvalue weighted by molar-refractivity contribution is 5.93. The number of amides is 1. The quantitative estimate of drug-likeness (QED) is 0.757. The number of carbonyl (C=O) groups excluding carboxylic acids is 1. The first-order valence-electron chi connectivity index (χ1n) is 8.87. The second kappa shape index (κ2) is 8.97. The van der Waals surface area contributed by atoms with Crippen LogP contribution in [0.1, 0.15) is 48.3 Å². The summed E-state index contributed by atoms with van der Waals surface area (Å²) in [4.78, 5) is 20.7. The number of nitrogens with zero attached hydrogens (tertiary/aromatic N) is 2. The van der Waals surface area contributed by atoms with Gasteiger partial charge in [-0.15, -0.1) is 0 Å². The third-order valence-corrected chi connectivity index (χ3v) is 4.31. The van der Waals surface area contributed by atoms with Crippen molar-refractivity contribution in [3.05, 3.63) is 65.8 Å². The molecule has 5 heteroatoms. The van der Waals surface area contributed by atoms with Crippen molar-refractivity contribution in [2.75, 3.05) is 11.9 Å². The summed E-state index contributed by atoms with van der Waals surface area (Å²) in [7, 11) is 0. The summed E-state index contributed by atoms with van der Waals surface area (Å²) in [5.74, 6) is -0.127. The number of anilines is 1. The fraction of sp³-hybridized carbons (Fsp3) is 0.350. The van der Waals surface area contributed by atoms with Crippen LogP contribution in [0.15, 0.2) is 54.4 Å². The van der Waals surface area contributed by atoms with Gasteiger partial charge in [-0.25, -0.2) is 0 Å². The van der Waals surface area contributed by atoms with Crippen LogP contribution in [0.2, 0.25) is 0 Å². The fourth-order valence-corrected chi connectivity index (χ4v) is 2.92. The molecule has 2 aromatic rings. The van der Waals surface area contributed by atoms with Crippen molar-refractivity contribution in [2.24, 2.45) is 0 Å². The monoisotopic (exact) mass is 336 g/mol. The third kappa shape index (κ3) is 5.41. The average Bonchev–Trinajstić information content (AvgIpc) is 2.68. The Morgan fingerprint density at radius 2 is 2.08 bits per heavy atom. The van der Waals surface area contributed by atoms with Crippen LogP contribution < -0.4 is 10.6 Å². The number of allylic oxidation sites excluding steroid dienone is 1. The molecule has 130 valence electrons. The maximum Gasteiger partial charge on any atom is 0.269 e. The van der Waals surface area contributed by atoms with Gasteiger partial charge in [0.25, 0.3) is 5.91 Å². The maximum atomic E-state index is 12.3. The fourth-order valence-electron chi connectivity index (χ4n) is 2.92. The van der Waals surface area contributed by atoms with Crippen molar-refractivity contribution < 1.29 is 4.79 Å². The Hall–Kier alpha value is -2.69. The first-order valence-corrected chi connectivity index (χ1v) is 8.87. The molecule has 2 N–H and O–H groups in total. The van der Waals surface area contributed by atoms with Crippen LogP contribution in [0.25, 0.3) is 0 Å². The van der Waals surface area contributed by atoms with Crippen LogP contribution in [0, 0.1) is 0 Å². The predicted octanol–water partition coefficient (Wildman–Crippen LogP) is 3.71. The molecule has 0 spiro atoms. The van der Waals surface area contributed by atoms with Gasteiger partial charge in [0.1, 0.15) is 5.69 Å². The SMILES string of the molecule is O=C(NCCC1=CCCCC1)c1cc(NCc2ccccn2)ccn1. The number of nitrogens with one attached hydrogen (secondary N) is 2. The molecule has 0 radical (unpaired) electrons. The molecule has 0 saturated heterocycles. The van der Waals surface area contributed by atoms with Gasteiger partial charge < -0.3 is 10.6 Å². The molecule has 0 unspecified atom stereocenters. The zero-order chi connectivity index (χ0) is 17.3. The molecule has 0 bridgehead atoms. The molecule has 0 aliphatic heterocycles. The summed E-state index contributed by atoms with van der Waals surface area (Å²) in [5.41, 5.74) is 3.71. The molecule has 2 heterocycles. The molecular formula is C20H24N4O. The standard InChI is InChI=1S/C20H24N4O/c25-20(23-12-9-16-6-2-1-3-7-16)19-14-17(10-13-22-19)24-15-18-8-4-5-11-21-18/h4-6,8,10-11,13-14H,1-3,7,9,12,15H2,(H,22,24)(H,23,25). The topological polar surface area (TPSA) is 66.9 Å². The van der Waals surface area contributed by atoms with Crippen molar-refractivity contribution >= 4 is 11.6 Å². The smallest absolute Gasteiger partial charge is 0.269 e. The van der Waals surface area contributed by atoms with E-state index in [-0.39, 0.29) is 5.91 Å². The number of hydrogen-bond donors (Lipinski definition) is 2. The van der Waals surface area contributed by atoms with E-state index in [4.69, 9.17) is 0 Å². The van der Waals surface area contributed by atoms with Gasteiger partial charge in [0, 0.05) is 24.6 Å². The van der Waals surface area contributed by atoms with Gasteiger partial charge in [0.05, 0.1) is 12.2 Å². The van der Waals surface area contributed by atoms with Gasteiger partial charge in [0.2, 0.25) is 0 Å². The van der Waals surface area contributed by atoms with E-state index in [0.717, 1.165) is 17.8 Å². The minimum atomic E-state index is -0.127. The van der Waals surface area contributed by atoms with E-state index in [2.05, 4.69) is 26.7 Å². The van der Waals surface area contributed by atoms with Crippen molar-refractivity contribution in [2.45, 2.75) is 38.6 Å². The highest BCUT2D eigenvalue weighted by Crippen LogP contribution is 2.19. The Labute approximate surface area is 148 Å².